The molecule has 2 aliphatic rings. The van der Waals surface area contributed by atoms with Crippen molar-refractivity contribution in [1.29, 1.82) is 0 Å². The van der Waals surface area contributed by atoms with E-state index in [1.165, 1.54) is 14.7 Å². The summed E-state index contributed by atoms with van der Waals surface area (Å²) in [6.07, 6.45) is 2.26. The molecule has 3 rings (SSSR count). The molecule has 150 valence electrons. The Hall–Kier alpha value is -1.65. The predicted octanol–water partition coefficient (Wildman–Crippen LogP) is 0.811. The molecule has 2 heterocycles. The van der Waals surface area contributed by atoms with Crippen LogP contribution in [0.2, 0.25) is 0 Å². The monoisotopic (exact) mass is 415 g/mol. The van der Waals surface area contributed by atoms with Crippen molar-refractivity contribution < 1.29 is 21.6 Å². The van der Waals surface area contributed by atoms with Crippen LogP contribution < -0.4 is 10.0 Å². The van der Waals surface area contributed by atoms with Crippen molar-refractivity contribution in [3.05, 3.63) is 23.8 Å². The number of primary amides is 1. The molecular weight excluding hydrogens is 390 g/mol. The van der Waals surface area contributed by atoms with E-state index in [9.17, 15) is 21.6 Å². The molecule has 2 saturated heterocycles. The minimum Gasteiger partial charge on any atom is -0.369 e. The predicted molar refractivity (Wildman–Crippen MR) is 102 cm³/mol. The van der Waals surface area contributed by atoms with Gasteiger partial charge in [0.25, 0.3) is 0 Å². The first kappa shape index (κ1) is 20.1. The first-order chi connectivity index (χ1) is 12.6. The SMILES string of the molecule is Cc1cc(N2CCCCS2(=O)=O)ccc1S(=O)(=O)N1CCC(C(N)=O)CC1. The normalized spacial score (nSPS) is 21.9. The van der Waals surface area contributed by atoms with Gasteiger partial charge in [-0.1, -0.05) is 0 Å². The molecule has 8 nitrogen and oxygen atoms in total. The third kappa shape index (κ3) is 3.97. The van der Waals surface area contributed by atoms with Crippen LogP contribution in [-0.2, 0) is 24.8 Å². The lowest BCUT2D eigenvalue weighted by molar-refractivity contribution is -0.122. The Balaban J connectivity index is 1.84. The summed E-state index contributed by atoms with van der Waals surface area (Å²) in [5.41, 5.74) is 6.31. The highest BCUT2D eigenvalue weighted by atomic mass is 32.2. The van der Waals surface area contributed by atoms with Gasteiger partial charge in [-0.25, -0.2) is 16.8 Å². The number of hydrogen-bond acceptors (Lipinski definition) is 5. The van der Waals surface area contributed by atoms with Crippen molar-refractivity contribution in [2.45, 2.75) is 37.5 Å². The molecule has 1 aromatic carbocycles. The molecule has 27 heavy (non-hydrogen) atoms. The van der Waals surface area contributed by atoms with Gasteiger partial charge in [-0.2, -0.15) is 4.31 Å². The molecule has 0 radical (unpaired) electrons. The van der Waals surface area contributed by atoms with Gasteiger partial charge in [0.05, 0.1) is 16.3 Å². The number of carbonyl (C=O) groups is 1. The number of sulfonamides is 2. The maximum Gasteiger partial charge on any atom is 0.243 e. The van der Waals surface area contributed by atoms with Crippen molar-refractivity contribution in [2.75, 3.05) is 29.7 Å². The standard InChI is InChI=1S/C17H25N3O5S2/c1-13-12-15(20-8-2-3-11-26(20,22)23)4-5-16(13)27(24,25)19-9-6-14(7-10-19)17(18)21/h4-5,12,14H,2-3,6-11H2,1H3,(H2,18,21). The molecule has 1 aromatic rings. The zero-order valence-electron chi connectivity index (χ0n) is 15.3. The van der Waals surface area contributed by atoms with Crippen molar-refractivity contribution in [3.63, 3.8) is 0 Å². The van der Waals surface area contributed by atoms with Crippen LogP contribution in [0.25, 0.3) is 0 Å². The van der Waals surface area contributed by atoms with E-state index in [-0.39, 0.29) is 29.7 Å². The fourth-order valence-electron chi connectivity index (χ4n) is 3.68. The number of piperidine rings is 1. The van der Waals surface area contributed by atoms with Gasteiger partial charge < -0.3 is 5.73 Å². The minimum atomic E-state index is -3.70. The second-order valence-electron chi connectivity index (χ2n) is 7.13. The van der Waals surface area contributed by atoms with Crippen LogP contribution in [0.15, 0.2) is 23.1 Å². The third-order valence-corrected chi connectivity index (χ3v) is 9.20. The summed E-state index contributed by atoms with van der Waals surface area (Å²) in [4.78, 5) is 11.4. The number of hydrogen-bond donors (Lipinski definition) is 1. The Morgan fingerprint density at radius 2 is 1.81 bits per heavy atom. The van der Waals surface area contributed by atoms with E-state index in [1.807, 2.05) is 0 Å². The van der Waals surface area contributed by atoms with Gasteiger partial charge in [-0.15, -0.1) is 0 Å². The summed E-state index contributed by atoms with van der Waals surface area (Å²) in [6.45, 7) is 2.58. The van der Waals surface area contributed by atoms with Gasteiger partial charge >= 0.3 is 0 Å². The fraction of sp³-hybridized carbons (Fsp3) is 0.588. The van der Waals surface area contributed by atoms with E-state index in [0.29, 0.717) is 37.1 Å². The second-order valence-corrected chi connectivity index (χ2v) is 11.0. The van der Waals surface area contributed by atoms with Gasteiger partial charge in [0.15, 0.2) is 0 Å². The van der Waals surface area contributed by atoms with Gasteiger partial charge in [0, 0.05) is 25.6 Å². The Morgan fingerprint density at radius 3 is 2.37 bits per heavy atom. The maximum atomic E-state index is 13.0. The molecule has 0 bridgehead atoms. The van der Waals surface area contributed by atoms with E-state index in [0.717, 1.165) is 6.42 Å². The van der Waals surface area contributed by atoms with Crippen molar-refractivity contribution in [1.82, 2.24) is 4.31 Å². The van der Waals surface area contributed by atoms with Gasteiger partial charge in [-0.3, -0.25) is 9.10 Å². The van der Waals surface area contributed by atoms with Crippen LogP contribution in [0.3, 0.4) is 0 Å². The Kier molecular flexibility index (Phi) is 5.51. The van der Waals surface area contributed by atoms with Crippen molar-refractivity contribution in [2.24, 2.45) is 11.7 Å². The number of nitrogens with two attached hydrogens (primary N) is 1. The molecule has 10 heteroatoms. The first-order valence-electron chi connectivity index (χ1n) is 9.03. The van der Waals surface area contributed by atoms with Crippen molar-refractivity contribution in [3.8, 4) is 0 Å². The quantitative estimate of drug-likeness (QED) is 0.781. The molecule has 2 aliphatic heterocycles. The number of carbonyl (C=O) groups excluding carboxylic acids is 1. The van der Waals surface area contributed by atoms with Crippen LogP contribution in [0.4, 0.5) is 5.69 Å². The van der Waals surface area contributed by atoms with Crippen molar-refractivity contribution >= 4 is 31.6 Å². The lowest BCUT2D eigenvalue weighted by atomic mass is 9.98. The highest BCUT2D eigenvalue weighted by Crippen LogP contribution is 2.30. The van der Waals surface area contributed by atoms with Crippen LogP contribution in [0.1, 0.15) is 31.2 Å². The molecule has 0 saturated carbocycles. The van der Waals surface area contributed by atoms with E-state index < -0.39 is 26.0 Å². The summed E-state index contributed by atoms with van der Waals surface area (Å²) < 4.78 is 53.2. The third-order valence-electron chi connectivity index (χ3n) is 5.27. The molecule has 2 fully saturated rings. The minimum absolute atomic E-state index is 0.112. The second kappa shape index (κ2) is 7.40. The summed E-state index contributed by atoms with van der Waals surface area (Å²) in [5, 5.41) is 0. The van der Waals surface area contributed by atoms with Crippen LogP contribution in [0, 0.1) is 12.8 Å². The number of aryl methyl sites for hydroxylation is 1. The lowest BCUT2D eigenvalue weighted by Crippen LogP contribution is -2.42. The van der Waals surface area contributed by atoms with Crippen LogP contribution in [0.5, 0.6) is 0 Å². The molecule has 0 aromatic heterocycles. The van der Waals surface area contributed by atoms with E-state index in [4.69, 9.17) is 5.73 Å². The average Bonchev–Trinajstić information content (AvgIpc) is 2.61. The number of rotatable bonds is 4. The van der Waals surface area contributed by atoms with E-state index in [1.54, 1.807) is 19.1 Å². The fourth-order valence-corrected chi connectivity index (χ4v) is 6.98. The van der Waals surface area contributed by atoms with Gasteiger partial charge in [0.2, 0.25) is 26.0 Å². The first-order valence-corrected chi connectivity index (χ1v) is 12.1. The summed E-state index contributed by atoms with van der Waals surface area (Å²) in [6, 6.07) is 4.65. The summed E-state index contributed by atoms with van der Waals surface area (Å²) >= 11 is 0. The zero-order valence-corrected chi connectivity index (χ0v) is 16.9. The molecule has 0 unspecified atom stereocenters. The highest BCUT2D eigenvalue weighted by molar-refractivity contribution is 7.92. The van der Waals surface area contributed by atoms with Gasteiger partial charge in [0.1, 0.15) is 0 Å². The Labute approximate surface area is 160 Å². The number of anilines is 1. The van der Waals surface area contributed by atoms with E-state index in [2.05, 4.69) is 0 Å². The van der Waals surface area contributed by atoms with E-state index >= 15 is 0 Å². The molecule has 0 atom stereocenters. The van der Waals surface area contributed by atoms with Crippen LogP contribution in [-0.4, -0.2) is 52.4 Å². The Bertz CT molecular complexity index is 935. The average molecular weight is 416 g/mol. The molecule has 0 aliphatic carbocycles. The Morgan fingerprint density at radius 1 is 1.15 bits per heavy atom. The molecular formula is C17H25N3O5S2. The number of nitrogens with zero attached hydrogens (tertiary/aromatic N) is 2. The smallest absolute Gasteiger partial charge is 0.243 e. The topological polar surface area (TPSA) is 118 Å². The zero-order chi connectivity index (χ0) is 19.8. The number of benzene rings is 1. The molecule has 1 amide bonds. The summed E-state index contributed by atoms with van der Waals surface area (Å²) in [7, 11) is -7.05. The largest absolute Gasteiger partial charge is 0.369 e. The lowest BCUT2D eigenvalue weighted by Gasteiger charge is -2.31. The highest BCUT2D eigenvalue weighted by Gasteiger charge is 2.33. The summed E-state index contributed by atoms with van der Waals surface area (Å²) in [5.74, 6) is -0.569. The maximum absolute atomic E-state index is 13.0. The molecule has 0 spiro atoms. The van der Waals surface area contributed by atoms with Gasteiger partial charge in [-0.05, 0) is 56.4 Å². The number of amides is 1. The molecule has 2 N–H and O–H groups in total. The van der Waals surface area contributed by atoms with Crippen LogP contribution >= 0.6 is 0 Å².